The molecule has 3 aliphatic rings. The maximum atomic E-state index is 13.7. The van der Waals surface area contributed by atoms with Crippen molar-refractivity contribution in [1.82, 2.24) is 10.2 Å². The number of carbonyl (C=O) groups excluding carboxylic acids is 3. The third-order valence-electron chi connectivity index (χ3n) is 7.11. The first-order chi connectivity index (χ1) is 14.2. The van der Waals surface area contributed by atoms with Crippen molar-refractivity contribution in [3.63, 3.8) is 0 Å². The predicted octanol–water partition coefficient (Wildman–Crippen LogP) is 3.36. The highest BCUT2D eigenvalue weighted by Crippen LogP contribution is 2.65. The minimum atomic E-state index is -2.76. The number of alkyl carbamates (subject to hydrolysis) is 1. The first kappa shape index (κ1) is 23.7. The Morgan fingerprint density at radius 3 is 2.23 bits per heavy atom. The summed E-state index contributed by atoms with van der Waals surface area (Å²) in [6.07, 6.45) is -1.24. The van der Waals surface area contributed by atoms with Crippen molar-refractivity contribution in [1.29, 1.82) is 0 Å². The molecule has 1 saturated heterocycles. The molecule has 9 heteroatoms. The number of hydrogen-bond acceptors (Lipinski definition) is 5. The van der Waals surface area contributed by atoms with Gasteiger partial charge in [-0.25, -0.2) is 18.4 Å². The molecule has 7 nitrogen and oxygen atoms in total. The highest BCUT2D eigenvalue weighted by Gasteiger charge is 2.70. The molecule has 176 valence electrons. The molecular weight excluding hydrogens is 410 g/mol. The smallest absolute Gasteiger partial charge is 0.408 e. The van der Waals surface area contributed by atoms with E-state index in [1.165, 1.54) is 12.0 Å². The molecule has 0 bridgehead atoms. The molecule has 0 aromatic rings. The Balaban J connectivity index is 1.81. The van der Waals surface area contributed by atoms with Gasteiger partial charge in [-0.3, -0.25) is 4.79 Å². The molecule has 2 amide bonds. The highest BCUT2D eigenvalue weighted by molar-refractivity contribution is 5.91. The SMILES string of the molecule is COC(=O)C1C2C(CN1C(=O)C(NC(=O)OC(C)(C)C)C1CCC(F)(F)CC1)C2(C)C. The van der Waals surface area contributed by atoms with Crippen molar-refractivity contribution in [2.24, 2.45) is 23.2 Å². The molecule has 0 aromatic carbocycles. The van der Waals surface area contributed by atoms with E-state index in [0.717, 1.165) is 0 Å². The molecule has 4 atom stereocenters. The molecule has 3 rings (SSSR count). The second-order valence-electron chi connectivity index (χ2n) is 10.7. The van der Waals surface area contributed by atoms with E-state index in [4.69, 9.17) is 9.47 Å². The van der Waals surface area contributed by atoms with Gasteiger partial charge < -0.3 is 19.7 Å². The largest absolute Gasteiger partial charge is 0.467 e. The summed E-state index contributed by atoms with van der Waals surface area (Å²) in [5.74, 6) is -3.98. The van der Waals surface area contributed by atoms with Gasteiger partial charge in [-0.1, -0.05) is 13.8 Å². The lowest BCUT2D eigenvalue weighted by Crippen LogP contribution is -2.57. The van der Waals surface area contributed by atoms with Crippen LogP contribution in [-0.4, -0.2) is 60.1 Å². The van der Waals surface area contributed by atoms with E-state index in [-0.39, 0.29) is 42.9 Å². The maximum absolute atomic E-state index is 13.7. The summed E-state index contributed by atoms with van der Waals surface area (Å²) in [6, 6.07) is -1.76. The Morgan fingerprint density at radius 2 is 1.71 bits per heavy atom. The van der Waals surface area contributed by atoms with Crippen LogP contribution in [0.4, 0.5) is 13.6 Å². The number of halogens is 2. The number of methoxy groups -OCH3 is 1. The van der Waals surface area contributed by atoms with Crippen molar-refractivity contribution in [2.75, 3.05) is 13.7 Å². The lowest BCUT2D eigenvalue weighted by Gasteiger charge is -2.37. The number of piperidine rings is 1. The van der Waals surface area contributed by atoms with Gasteiger partial charge in [-0.15, -0.1) is 0 Å². The Labute approximate surface area is 182 Å². The minimum Gasteiger partial charge on any atom is -0.467 e. The number of nitrogens with one attached hydrogen (secondary N) is 1. The normalized spacial score (nSPS) is 30.2. The third kappa shape index (κ3) is 4.80. The Kier molecular flexibility index (Phi) is 6.04. The number of alkyl halides is 2. The summed E-state index contributed by atoms with van der Waals surface area (Å²) in [6.45, 7) is 9.60. The van der Waals surface area contributed by atoms with Crippen molar-refractivity contribution in [3.05, 3.63) is 0 Å². The quantitative estimate of drug-likeness (QED) is 0.672. The zero-order valence-corrected chi connectivity index (χ0v) is 19.2. The lowest BCUT2D eigenvalue weighted by atomic mass is 9.81. The molecule has 2 aliphatic carbocycles. The van der Waals surface area contributed by atoms with Gasteiger partial charge in [0.05, 0.1) is 7.11 Å². The Hall–Kier alpha value is -1.93. The lowest BCUT2D eigenvalue weighted by molar-refractivity contribution is -0.154. The van der Waals surface area contributed by atoms with E-state index in [0.29, 0.717) is 6.54 Å². The first-order valence-electron chi connectivity index (χ1n) is 10.9. The molecular formula is C22H34F2N2O5. The molecule has 2 saturated carbocycles. The number of nitrogens with zero attached hydrogens (tertiary/aromatic N) is 1. The average molecular weight is 445 g/mol. The van der Waals surface area contributed by atoms with E-state index in [2.05, 4.69) is 19.2 Å². The summed E-state index contributed by atoms with van der Waals surface area (Å²) in [4.78, 5) is 40.0. The Morgan fingerprint density at radius 1 is 1.13 bits per heavy atom. The number of esters is 1. The van der Waals surface area contributed by atoms with Gasteiger partial charge >= 0.3 is 12.1 Å². The van der Waals surface area contributed by atoms with E-state index in [1.54, 1.807) is 20.8 Å². The zero-order valence-electron chi connectivity index (χ0n) is 19.2. The molecule has 0 radical (unpaired) electrons. The van der Waals surface area contributed by atoms with E-state index in [9.17, 15) is 23.2 Å². The molecule has 1 heterocycles. The number of hydrogen-bond donors (Lipinski definition) is 1. The van der Waals surface area contributed by atoms with Crippen LogP contribution in [-0.2, 0) is 19.1 Å². The summed E-state index contributed by atoms with van der Waals surface area (Å²) < 4.78 is 37.7. The van der Waals surface area contributed by atoms with Gasteiger partial charge in [-0.2, -0.15) is 0 Å². The molecule has 0 aromatic heterocycles. The van der Waals surface area contributed by atoms with Crippen molar-refractivity contribution >= 4 is 18.0 Å². The molecule has 0 spiro atoms. The van der Waals surface area contributed by atoms with E-state index < -0.39 is 47.5 Å². The molecule has 4 unspecified atom stereocenters. The van der Waals surface area contributed by atoms with Crippen LogP contribution in [0.15, 0.2) is 0 Å². The number of likely N-dealkylation sites (tertiary alicyclic amines) is 1. The van der Waals surface area contributed by atoms with Crippen molar-refractivity contribution in [3.8, 4) is 0 Å². The van der Waals surface area contributed by atoms with Crippen LogP contribution in [0.3, 0.4) is 0 Å². The first-order valence-corrected chi connectivity index (χ1v) is 10.9. The van der Waals surface area contributed by atoms with Gasteiger partial charge in [-0.05, 0) is 50.9 Å². The van der Waals surface area contributed by atoms with Crippen LogP contribution >= 0.6 is 0 Å². The molecule has 3 fully saturated rings. The molecule has 31 heavy (non-hydrogen) atoms. The summed E-state index contributed by atoms with van der Waals surface area (Å²) in [5.41, 5.74) is -0.845. The second-order valence-corrected chi connectivity index (χ2v) is 10.7. The summed E-state index contributed by atoms with van der Waals surface area (Å²) in [5, 5.41) is 2.63. The van der Waals surface area contributed by atoms with Crippen LogP contribution in [0, 0.1) is 23.2 Å². The number of carbonyl (C=O) groups is 3. The monoisotopic (exact) mass is 444 g/mol. The third-order valence-corrected chi connectivity index (χ3v) is 7.11. The topological polar surface area (TPSA) is 84.9 Å². The standard InChI is InChI=1S/C22H34F2N2O5/c1-20(2,3)31-19(29)25-15(12-7-9-22(23,24)10-8-12)17(27)26-11-13-14(21(13,4)5)16(26)18(28)30-6/h12-16H,7-11H2,1-6H3,(H,25,29). The minimum absolute atomic E-state index is 0.0123. The summed E-state index contributed by atoms with van der Waals surface area (Å²) >= 11 is 0. The molecule has 1 N–H and O–H groups in total. The van der Waals surface area contributed by atoms with Crippen LogP contribution in [0.2, 0.25) is 0 Å². The van der Waals surface area contributed by atoms with E-state index >= 15 is 0 Å². The van der Waals surface area contributed by atoms with Gasteiger partial charge in [0.15, 0.2) is 0 Å². The number of fused-ring (bicyclic) bond motifs is 1. The molecule has 1 aliphatic heterocycles. The number of ether oxygens (including phenoxy) is 2. The second kappa shape index (κ2) is 7.89. The number of amides is 2. The van der Waals surface area contributed by atoms with Crippen LogP contribution in [0.25, 0.3) is 0 Å². The van der Waals surface area contributed by atoms with Crippen molar-refractivity contribution < 1.29 is 32.6 Å². The fourth-order valence-electron chi connectivity index (χ4n) is 5.29. The zero-order chi connectivity index (χ0) is 23.4. The fraction of sp³-hybridized carbons (Fsp3) is 0.864. The van der Waals surface area contributed by atoms with Crippen molar-refractivity contribution in [2.45, 2.75) is 83.9 Å². The summed E-state index contributed by atoms with van der Waals surface area (Å²) in [7, 11) is 1.29. The average Bonchev–Trinajstić information content (AvgIpc) is 3.00. The van der Waals surface area contributed by atoms with Gasteiger partial charge in [0, 0.05) is 25.3 Å². The highest BCUT2D eigenvalue weighted by atomic mass is 19.3. The Bertz CT molecular complexity index is 739. The van der Waals surface area contributed by atoms with Gasteiger partial charge in [0.25, 0.3) is 0 Å². The number of rotatable bonds is 4. The van der Waals surface area contributed by atoms with Gasteiger partial charge in [0.2, 0.25) is 11.8 Å². The maximum Gasteiger partial charge on any atom is 0.408 e. The predicted molar refractivity (Wildman–Crippen MR) is 108 cm³/mol. The fourth-order valence-corrected chi connectivity index (χ4v) is 5.29. The van der Waals surface area contributed by atoms with Crippen LogP contribution in [0.1, 0.15) is 60.3 Å². The van der Waals surface area contributed by atoms with Crippen LogP contribution in [0.5, 0.6) is 0 Å². The van der Waals surface area contributed by atoms with Crippen LogP contribution < -0.4 is 5.32 Å². The van der Waals surface area contributed by atoms with E-state index in [1.807, 2.05) is 0 Å². The van der Waals surface area contributed by atoms with Gasteiger partial charge in [0.1, 0.15) is 17.7 Å².